The zero-order valence-corrected chi connectivity index (χ0v) is 17.6. The number of aliphatic imine (C=N–C) groups is 1. The highest BCUT2D eigenvalue weighted by molar-refractivity contribution is 5.95. The second-order valence-electron chi connectivity index (χ2n) is 7.41. The molecule has 0 fully saturated rings. The molecule has 1 aromatic heterocycles. The molecule has 0 radical (unpaired) electrons. The smallest absolute Gasteiger partial charge is 0.337 e. The Hall–Kier alpha value is -3.66. The summed E-state index contributed by atoms with van der Waals surface area (Å²) in [5.74, 6) is -0.325. The summed E-state index contributed by atoms with van der Waals surface area (Å²) in [7, 11) is 1.40. The largest absolute Gasteiger partial charge is 0.465 e. The average Bonchev–Trinajstić information content (AvgIpc) is 3.04. The second kappa shape index (κ2) is 7.99. The summed E-state index contributed by atoms with van der Waals surface area (Å²) in [6.45, 7) is 6.17. The molecule has 0 saturated carbocycles. The molecule has 0 aliphatic carbocycles. The number of nitrogens with zero attached hydrogens (tertiary/aromatic N) is 2. The van der Waals surface area contributed by atoms with Crippen molar-refractivity contribution in [3.63, 3.8) is 0 Å². The van der Waals surface area contributed by atoms with E-state index in [0.29, 0.717) is 5.56 Å². The lowest BCUT2D eigenvalue weighted by atomic mass is 10.1. The summed E-state index contributed by atoms with van der Waals surface area (Å²) < 4.78 is 7.03. The standard InChI is InChI=1S/C26H24N2O2/c1-17-14-21(26(29)30-4)12-13-25(17)28-18(2)15-22(19(28)3)16-27-24-11-7-9-20-8-5-6-10-23(20)24/h5-16H,1-4H3. The van der Waals surface area contributed by atoms with E-state index in [9.17, 15) is 4.79 Å². The summed E-state index contributed by atoms with van der Waals surface area (Å²) in [4.78, 5) is 16.6. The van der Waals surface area contributed by atoms with Gasteiger partial charge in [0.05, 0.1) is 18.4 Å². The zero-order chi connectivity index (χ0) is 21.3. The number of esters is 1. The van der Waals surface area contributed by atoms with E-state index in [-0.39, 0.29) is 5.97 Å². The van der Waals surface area contributed by atoms with Gasteiger partial charge in [-0.1, -0.05) is 36.4 Å². The third-order valence-electron chi connectivity index (χ3n) is 5.44. The summed E-state index contributed by atoms with van der Waals surface area (Å²) >= 11 is 0. The van der Waals surface area contributed by atoms with Crippen LogP contribution in [0.2, 0.25) is 0 Å². The minimum Gasteiger partial charge on any atom is -0.465 e. The molecule has 0 saturated heterocycles. The number of methoxy groups -OCH3 is 1. The molecular weight excluding hydrogens is 372 g/mol. The van der Waals surface area contributed by atoms with Crippen molar-refractivity contribution in [1.82, 2.24) is 4.57 Å². The number of hydrogen-bond donors (Lipinski definition) is 0. The van der Waals surface area contributed by atoms with Crippen LogP contribution in [0.4, 0.5) is 5.69 Å². The predicted octanol–water partition coefficient (Wildman–Crippen LogP) is 6.09. The Labute approximate surface area is 176 Å². The van der Waals surface area contributed by atoms with Crippen molar-refractivity contribution in [2.45, 2.75) is 20.8 Å². The Kier molecular flexibility index (Phi) is 5.23. The zero-order valence-electron chi connectivity index (χ0n) is 17.6. The van der Waals surface area contributed by atoms with Crippen molar-refractivity contribution in [3.05, 3.63) is 94.8 Å². The number of carbonyl (C=O) groups is 1. The van der Waals surface area contributed by atoms with Gasteiger partial charge >= 0.3 is 5.97 Å². The summed E-state index contributed by atoms with van der Waals surface area (Å²) in [6.07, 6.45) is 1.93. The number of rotatable bonds is 4. The van der Waals surface area contributed by atoms with Gasteiger partial charge in [0.1, 0.15) is 0 Å². The van der Waals surface area contributed by atoms with E-state index in [4.69, 9.17) is 9.73 Å². The van der Waals surface area contributed by atoms with Crippen molar-refractivity contribution in [2.75, 3.05) is 7.11 Å². The highest BCUT2D eigenvalue weighted by Crippen LogP contribution is 2.27. The highest BCUT2D eigenvalue weighted by Gasteiger charge is 2.14. The van der Waals surface area contributed by atoms with Crippen molar-refractivity contribution < 1.29 is 9.53 Å². The maximum atomic E-state index is 11.8. The Morgan fingerprint density at radius 2 is 1.73 bits per heavy atom. The fourth-order valence-corrected chi connectivity index (χ4v) is 3.90. The van der Waals surface area contributed by atoms with Gasteiger partial charge in [0.25, 0.3) is 0 Å². The third kappa shape index (κ3) is 3.52. The molecule has 4 heteroatoms. The van der Waals surface area contributed by atoms with Gasteiger partial charge in [-0.3, -0.25) is 4.99 Å². The van der Waals surface area contributed by atoms with Gasteiger partial charge in [-0.05, 0) is 62.1 Å². The Morgan fingerprint density at radius 1 is 0.967 bits per heavy atom. The fraction of sp³-hybridized carbons (Fsp3) is 0.154. The minimum absolute atomic E-state index is 0.325. The molecule has 0 aliphatic rings. The summed E-state index contributed by atoms with van der Waals surface area (Å²) in [5.41, 5.74) is 6.85. The van der Waals surface area contributed by atoms with Crippen LogP contribution in [0.1, 0.15) is 32.9 Å². The maximum Gasteiger partial charge on any atom is 0.337 e. The lowest BCUT2D eigenvalue weighted by Gasteiger charge is -2.13. The van der Waals surface area contributed by atoms with Gasteiger partial charge in [-0.25, -0.2) is 4.79 Å². The first-order chi connectivity index (χ1) is 14.5. The quantitative estimate of drug-likeness (QED) is 0.309. The van der Waals surface area contributed by atoms with Crippen LogP contribution in [0.5, 0.6) is 0 Å². The molecule has 0 atom stereocenters. The topological polar surface area (TPSA) is 43.6 Å². The summed E-state index contributed by atoms with van der Waals surface area (Å²) in [6, 6.07) is 22.2. The van der Waals surface area contributed by atoms with E-state index in [2.05, 4.69) is 42.7 Å². The molecule has 4 aromatic rings. The van der Waals surface area contributed by atoms with Crippen molar-refractivity contribution in [1.29, 1.82) is 0 Å². The molecule has 4 nitrogen and oxygen atoms in total. The van der Waals surface area contributed by atoms with E-state index < -0.39 is 0 Å². The molecule has 0 unspecified atom stereocenters. The molecule has 150 valence electrons. The second-order valence-corrected chi connectivity index (χ2v) is 7.41. The number of aromatic nitrogens is 1. The first-order valence-electron chi connectivity index (χ1n) is 9.89. The van der Waals surface area contributed by atoms with Crippen LogP contribution in [0, 0.1) is 20.8 Å². The monoisotopic (exact) mass is 396 g/mol. The fourth-order valence-electron chi connectivity index (χ4n) is 3.90. The lowest BCUT2D eigenvalue weighted by Crippen LogP contribution is -2.06. The van der Waals surface area contributed by atoms with E-state index in [0.717, 1.165) is 39.3 Å². The first kappa shape index (κ1) is 19.6. The number of carbonyl (C=O) groups excluding carboxylic acids is 1. The van der Waals surface area contributed by atoms with Gasteiger partial charge in [-0.15, -0.1) is 0 Å². The van der Waals surface area contributed by atoms with Crippen LogP contribution < -0.4 is 0 Å². The predicted molar refractivity (Wildman–Crippen MR) is 123 cm³/mol. The Morgan fingerprint density at radius 3 is 2.50 bits per heavy atom. The van der Waals surface area contributed by atoms with Crippen LogP contribution in [0.25, 0.3) is 16.5 Å². The maximum absolute atomic E-state index is 11.8. The Bertz CT molecular complexity index is 1280. The number of hydrogen-bond acceptors (Lipinski definition) is 3. The van der Waals surface area contributed by atoms with Crippen LogP contribution in [0.15, 0.2) is 71.7 Å². The molecule has 0 spiro atoms. The normalized spacial score (nSPS) is 11.3. The minimum atomic E-state index is -0.325. The van der Waals surface area contributed by atoms with Crippen molar-refractivity contribution >= 4 is 28.6 Å². The van der Waals surface area contributed by atoms with Gasteiger partial charge in [0.2, 0.25) is 0 Å². The van der Waals surface area contributed by atoms with Gasteiger partial charge < -0.3 is 9.30 Å². The summed E-state index contributed by atoms with van der Waals surface area (Å²) in [5, 5.41) is 2.32. The van der Waals surface area contributed by atoms with Crippen molar-refractivity contribution in [2.24, 2.45) is 4.99 Å². The highest BCUT2D eigenvalue weighted by atomic mass is 16.5. The van der Waals surface area contributed by atoms with Crippen LogP contribution in [0.3, 0.4) is 0 Å². The first-order valence-corrected chi connectivity index (χ1v) is 9.89. The number of fused-ring (bicyclic) bond motifs is 1. The van der Waals surface area contributed by atoms with E-state index in [1.165, 1.54) is 12.5 Å². The van der Waals surface area contributed by atoms with Crippen molar-refractivity contribution in [3.8, 4) is 5.69 Å². The SMILES string of the molecule is COC(=O)c1ccc(-n2c(C)cc(C=Nc3cccc4ccccc34)c2C)c(C)c1. The molecule has 0 amide bonds. The van der Waals surface area contributed by atoms with Crippen LogP contribution in [-0.4, -0.2) is 23.9 Å². The molecule has 0 N–H and O–H groups in total. The lowest BCUT2D eigenvalue weighted by molar-refractivity contribution is 0.0600. The number of ether oxygens (including phenoxy) is 1. The molecule has 0 aliphatic heterocycles. The third-order valence-corrected chi connectivity index (χ3v) is 5.44. The van der Waals surface area contributed by atoms with Crippen LogP contribution >= 0.6 is 0 Å². The Balaban J connectivity index is 1.72. The molecule has 30 heavy (non-hydrogen) atoms. The number of benzene rings is 3. The molecule has 1 heterocycles. The average molecular weight is 396 g/mol. The van der Waals surface area contributed by atoms with Gasteiger partial charge in [0.15, 0.2) is 0 Å². The van der Waals surface area contributed by atoms with Gasteiger partial charge in [-0.2, -0.15) is 0 Å². The molecule has 3 aromatic carbocycles. The van der Waals surface area contributed by atoms with E-state index in [1.807, 2.05) is 49.5 Å². The molecular formula is C26H24N2O2. The molecule has 4 rings (SSSR count). The van der Waals surface area contributed by atoms with Crippen LogP contribution in [-0.2, 0) is 4.74 Å². The molecule has 0 bridgehead atoms. The van der Waals surface area contributed by atoms with E-state index >= 15 is 0 Å². The number of aryl methyl sites for hydroxylation is 2. The van der Waals surface area contributed by atoms with Gasteiger partial charge in [0, 0.05) is 34.2 Å². The van der Waals surface area contributed by atoms with E-state index in [1.54, 1.807) is 6.07 Å².